The van der Waals surface area contributed by atoms with Crippen LogP contribution in [-0.4, -0.2) is 16.1 Å². The van der Waals surface area contributed by atoms with Gasteiger partial charge in [-0.1, -0.05) is 18.0 Å². The number of hydrogen-bond donors (Lipinski definition) is 1. The number of aliphatic hydroxyl groups is 1. The van der Waals surface area contributed by atoms with Crippen LogP contribution in [0.3, 0.4) is 0 Å². The number of hydrogen-bond acceptors (Lipinski definition) is 3. The van der Waals surface area contributed by atoms with Crippen LogP contribution in [0.1, 0.15) is 31.1 Å². The minimum absolute atomic E-state index is 0.0579. The molecule has 1 N–H and O–H groups in total. The van der Waals surface area contributed by atoms with Crippen molar-refractivity contribution in [1.82, 2.24) is 0 Å². The molecule has 1 aromatic carbocycles. The van der Waals surface area contributed by atoms with E-state index in [1.807, 2.05) is 18.2 Å². The first-order valence-electron chi connectivity index (χ1n) is 6.07. The zero-order valence-electron chi connectivity index (χ0n) is 10.1. The fourth-order valence-corrected chi connectivity index (χ4v) is 3.76. The van der Waals surface area contributed by atoms with Crippen LogP contribution in [0.4, 0.5) is 0 Å². The van der Waals surface area contributed by atoms with E-state index < -0.39 is 6.10 Å². The van der Waals surface area contributed by atoms with Gasteiger partial charge in [-0.2, -0.15) is 11.8 Å². The van der Waals surface area contributed by atoms with Crippen LogP contribution in [0.2, 0.25) is 5.02 Å². The molecule has 1 heterocycles. The lowest BCUT2D eigenvalue weighted by Crippen LogP contribution is -2.39. The third-order valence-corrected chi connectivity index (χ3v) is 5.55. The Hall–Kier alpha value is -0.640. The molecule has 18 heavy (non-hydrogen) atoms. The molecule has 96 valence electrons. The van der Waals surface area contributed by atoms with E-state index in [1.54, 1.807) is 17.8 Å². The third kappa shape index (κ3) is 1.85. The van der Waals surface area contributed by atoms with Crippen LogP contribution in [0.5, 0.6) is 0 Å². The fraction of sp³-hybridized carbons (Fsp3) is 0.429. The van der Waals surface area contributed by atoms with Gasteiger partial charge < -0.3 is 9.52 Å². The summed E-state index contributed by atoms with van der Waals surface area (Å²) in [6, 6.07) is 7.42. The zero-order valence-corrected chi connectivity index (χ0v) is 11.7. The van der Waals surface area contributed by atoms with E-state index in [4.69, 9.17) is 16.0 Å². The minimum atomic E-state index is -0.535. The standard InChI is InChI=1S/C14H15ClO2S/c1-18-14(5-2-6-14)13(16)12-8-9-7-10(15)3-4-11(9)17-12/h3-4,7-8,13,16H,2,5-6H2,1H3. The second kappa shape index (κ2) is 4.48. The lowest BCUT2D eigenvalue weighted by Gasteiger charge is -2.43. The van der Waals surface area contributed by atoms with Gasteiger partial charge in [0.25, 0.3) is 0 Å². The lowest BCUT2D eigenvalue weighted by molar-refractivity contribution is 0.0698. The minimum Gasteiger partial charge on any atom is -0.458 e. The Morgan fingerprint density at radius 2 is 2.17 bits per heavy atom. The van der Waals surface area contributed by atoms with Gasteiger partial charge in [0.15, 0.2) is 0 Å². The summed E-state index contributed by atoms with van der Waals surface area (Å²) >= 11 is 7.69. The van der Waals surface area contributed by atoms with Crippen molar-refractivity contribution in [3.63, 3.8) is 0 Å². The Balaban J connectivity index is 1.98. The van der Waals surface area contributed by atoms with Crippen LogP contribution in [0.15, 0.2) is 28.7 Å². The van der Waals surface area contributed by atoms with Gasteiger partial charge in [0, 0.05) is 15.2 Å². The topological polar surface area (TPSA) is 33.4 Å². The number of furan rings is 1. The first-order chi connectivity index (χ1) is 8.64. The van der Waals surface area contributed by atoms with Crippen molar-refractivity contribution < 1.29 is 9.52 Å². The second-order valence-corrected chi connectivity index (χ2v) is 6.51. The van der Waals surface area contributed by atoms with E-state index in [2.05, 4.69) is 6.26 Å². The molecular weight excluding hydrogens is 268 g/mol. The number of fused-ring (bicyclic) bond motifs is 1. The van der Waals surface area contributed by atoms with Crippen molar-refractivity contribution in [1.29, 1.82) is 0 Å². The van der Waals surface area contributed by atoms with Crippen LogP contribution >= 0.6 is 23.4 Å². The van der Waals surface area contributed by atoms with E-state index in [9.17, 15) is 5.11 Å². The molecule has 1 fully saturated rings. The van der Waals surface area contributed by atoms with Gasteiger partial charge in [-0.15, -0.1) is 0 Å². The Morgan fingerprint density at radius 3 is 2.78 bits per heavy atom. The highest BCUT2D eigenvalue weighted by molar-refractivity contribution is 8.00. The first-order valence-corrected chi connectivity index (χ1v) is 7.67. The predicted molar refractivity (Wildman–Crippen MR) is 76.3 cm³/mol. The second-order valence-electron chi connectivity index (χ2n) is 4.86. The monoisotopic (exact) mass is 282 g/mol. The van der Waals surface area contributed by atoms with E-state index >= 15 is 0 Å². The van der Waals surface area contributed by atoms with Crippen LogP contribution in [0.25, 0.3) is 11.0 Å². The number of rotatable bonds is 3. The first kappa shape index (κ1) is 12.4. The molecule has 1 aliphatic carbocycles. The summed E-state index contributed by atoms with van der Waals surface area (Å²) in [6.45, 7) is 0. The molecule has 0 amide bonds. The molecule has 1 aliphatic rings. The largest absolute Gasteiger partial charge is 0.458 e. The van der Waals surface area contributed by atoms with E-state index in [1.165, 1.54) is 6.42 Å². The number of benzene rings is 1. The zero-order chi connectivity index (χ0) is 12.8. The highest BCUT2D eigenvalue weighted by Gasteiger charge is 2.45. The summed E-state index contributed by atoms with van der Waals surface area (Å²) in [5.74, 6) is 0.654. The van der Waals surface area contributed by atoms with Crippen LogP contribution in [-0.2, 0) is 0 Å². The molecule has 3 rings (SSSR count). The Labute approximate surface area is 115 Å². The highest BCUT2D eigenvalue weighted by Crippen LogP contribution is 2.51. The van der Waals surface area contributed by atoms with Crippen molar-refractivity contribution in [3.05, 3.63) is 35.0 Å². The molecule has 0 bridgehead atoms. The smallest absolute Gasteiger partial charge is 0.135 e. The van der Waals surface area contributed by atoms with Crippen molar-refractivity contribution >= 4 is 34.3 Å². The summed E-state index contributed by atoms with van der Waals surface area (Å²) in [5.41, 5.74) is 0.782. The normalized spacial score (nSPS) is 19.7. The number of aliphatic hydroxyl groups excluding tert-OH is 1. The molecule has 1 unspecified atom stereocenters. The van der Waals surface area contributed by atoms with Gasteiger partial charge in [-0.05, 0) is 43.4 Å². The average molecular weight is 283 g/mol. The van der Waals surface area contributed by atoms with Crippen LogP contribution < -0.4 is 0 Å². The predicted octanol–water partition coefficient (Wildman–Crippen LogP) is 4.41. The molecule has 0 radical (unpaired) electrons. The van der Waals surface area contributed by atoms with Gasteiger partial charge in [0.2, 0.25) is 0 Å². The summed E-state index contributed by atoms with van der Waals surface area (Å²) in [4.78, 5) is 0. The molecule has 2 aromatic rings. The van der Waals surface area contributed by atoms with Crippen LogP contribution in [0, 0.1) is 0 Å². The van der Waals surface area contributed by atoms with Gasteiger partial charge in [-0.25, -0.2) is 0 Å². The maximum Gasteiger partial charge on any atom is 0.135 e. The molecule has 1 saturated carbocycles. The Bertz CT molecular complexity index is 569. The van der Waals surface area contributed by atoms with E-state index in [0.29, 0.717) is 10.8 Å². The maximum absolute atomic E-state index is 10.5. The summed E-state index contributed by atoms with van der Waals surface area (Å²) in [6.07, 6.45) is 4.80. The Kier molecular flexibility index (Phi) is 3.08. The third-order valence-electron chi connectivity index (χ3n) is 3.87. The molecule has 1 atom stereocenters. The molecule has 0 spiro atoms. The molecular formula is C14H15ClO2S. The Morgan fingerprint density at radius 1 is 1.39 bits per heavy atom. The van der Waals surface area contributed by atoms with E-state index in [0.717, 1.165) is 23.8 Å². The van der Waals surface area contributed by atoms with Crippen molar-refractivity contribution in [2.45, 2.75) is 30.1 Å². The SMILES string of the molecule is CSC1(C(O)c2cc3cc(Cl)ccc3o2)CCC1. The molecule has 1 aromatic heterocycles. The molecule has 0 aliphatic heterocycles. The van der Waals surface area contributed by atoms with Gasteiger partial charge >= 0.3 is 0 Å². The quantitative estimate of drug-likeness (QED) is 0.905. The van der Waals surface area contributed by atoms with Gasteiger partial charge in [-0.3, -0.25) is 0 Å². The highest BCUT2D eigenvalue weighted by atomic mass is 35.5. The number of thioether (sulfide) groups is 1. The molecule has 4 heteroatoms. The van der Waals surface area contributed by atoms with E-state index in [-0.39, 0.29) is 4.75 Å². The fourth-order valence-electron chi connectivity index (χ4n) is 2.54. The summed E-state index contributed by atoms with van der Waals surface area (Å²) in [5, 5.41) is 12.2. The summed E-state index contributed by atoms with van der Waals surface area (Å²) < 4.78 is 5.69. The maximum atomic E-state index is 10.5. The summed E-state index contributed by atoms with van der Waals surface area (Å²) in [7, 11) is 0. The van der Waals surface area contributed by atoms with Crippen molar-refractivity contribution in [2.75, 3.05) is 6.26 Å². The van der Waals surface area contributed by atoms with Gasteiger partial charge in [0.1, 0.15) is 17.4 Å². The average Bonchev–Trinajstić information content (AvgIpc) is 2.70. The van der Waals surface area contributed by atoms with Crippen molar-refractivity contribution in [2.24, 2.45) is 0 Å². The molecule has 0 saturated heterocycles. The van der Waals surface area contributed by atoms with Crippen molar-refractivity contribution in [3.8, 4) is 0 Å². The number of halogens is 1. The van der Waals surface area contributed by atoms with Gasteiger partial charge in [0.05, 0.1) is 0 Å². The molecule has 2 nitrogen and oxygen atoms in total. The lowest BCUT2D eigenvalue weighted by atomic mass is 9.79.